The average Bonchev–Trinajstić information content (AvgIpc) is 1.95. The number of hydrogen-bond acceptors (Lipinski definition) is 0. The largest absolute Gasteiger partial charge is 0.174 e. The molecule has 0 saturated carbocycles. The van der Waals surface area contributed by atoms with Crippen molar-refractivity contribution in [2.24, 2.45) is 0 Å². The molecule has 11 heavy (non-hydrogen) atoms. The molecule has 0 aliphatic rings. The fourth-order valence-corrected chi connectivity index (χ4v) is 1.20. The quantitative estimate of drug-likeness (QED) is 0.520. The van der Waals surface area contributed by atoms with Crippen molar-refractivity contribution in [3.8, 4) is 0 Å². The summed E-state index contributed by atoms with van der Waals surface area (Å²) < 4.78 is 0. The van der Waals surface area contributed by atoms with E-state index in [4.69, 9.17) is 34.8 Å². The molecule has 1 aromatic rings. The van der Waals surface area contributed by atoms with Gasteiger partial charge in [-0.05, 0) is 5.02 Å². The zero-order valence-electron chi connectivity index (χ0n) is 5.44. The van der Waals surface area contributed by atoms with Crippen LogP contribution in [-0.2, 0) is 21.7 Å². The molecule has 0 spiro atoms. The molecule has 0 aromatic heterocycles. The van der Waals surface area contributed by atoms with Crippen LogP contribution in [0.25, 0.3) is 0 Å². The van der Waals surface area contributed by atoms with E-state index in [1.165, 1.54) is 5.88 Å². The molecule has 0 bridgehead atoms. The molecule has 0 unspecified atom stereocenters. The summed E-state index contributed by atoms with van der Waals surface area (Å²) in [6.45, 7) is 0. The Kier molecular flexibility index (Phi) is 5.67. The second-order valence-electron chi connectivity index (χ2n) is 1.75. The minimum atomic E-state index is 0. The average molecular weight is 242 g/mol. The molecule has 0 aliphatic carbocycles. The summed E-state index contributed by atoms with van der Waals surface area (Å²) in [5, 5.41) is 1.02. The van der Waals surface area contributed by atoms with Crippen LogP contribution in [0.5, 0.6) is 0 Å². The van der Waals surface area contributed by atoms with Gasteiger partial charge in [0.1, 0.15) is 0 Å². The van der Waals surface area contributed by atoms with E-state index < -0.39 is 0 Å². The van der Waals surface area contributed by atoms with Crippen molar-refractivity contribution < 1.29 is 21.7 Å². The first-order valence-corrected chi connectivity index (χ1v) is 3.82. The van der Waals surface area contributed by atoms with Crippen LogP contribution in [0, 0.1) is 5.88 Å². The zero-order valence-corrected chi connectivity index (χ0v) is 9.27. The normalized spacial score (nSPS) is 8.64. The molecule has 0 nitrogen and oxygen atoms in total. The van der Waals surface area contributed by atoms with Gasteiger partial charge >= 0.3 is 0 Å². The zero-order chi connectivity index (χ0) is 7.56. The fourth-order valence-electron chi connectivity index (χ4n) is 0.605. The Hall–Kier alpha value is 0.674. The van der Waals surface area contributed by atoms with Gasteiger partial charge in [-0.15, -0.1) is 6.07 Å². The molecule has 0 atom stereocenters. The van der Waals surface area contributed by atoms with Crippen LogP contribution in [0.4, 0.5) is 0 Å². The van der Waals surface area contributed by atoms with Crippen molar-refractivity contribution in [1.29, 1.82) is 0 Å². The van der Waals surface area contributed by atoms with Crippen molar-refractivity contribution in [2.75, 3.05) is 0 Å². The van der Waals surface area contributed by atoms with Crippen molar-refractivity contribution in [1.82, 2.24) is 0 Å². The molecule has 1 aromatic carbocycles. The molecule has 58 valence electrons. The minimum absolute atomic E-state index is 0. The van der Waals surface area contributed by atoms with Gasteiger partial charge < -0.3 is 0 Å². The first-order valence-electron chi connectivity index (χ1n) is 2.63. The summed E-state index contributed by atoms with van der Waals surface area (Å²) in [7, 11) is 0. The van der Waals surface area contributed by atoms with E-state index >= 15 is 0 Å². The van der Waals surface area contributed by atoms with E-state index in [-0.39, 0.29) is 21.7 Å². The summed E-state index contributed by atoms with van der Waals surface area (Å²) in [5.41, 5.74) is 0.746. The Morgan fingerprint density at radius 1 is 1.18 bits per heavy atom. The Morgan fingerprint density at radius 3 is 2.27 bits per heavy atom. The maximum absolute atomic E-state index is 5.75. The van der Waals surface area contributed by atoms with E-state index in [1.54, 1.807) is 18.2 Å². The third-order valence-corrected chi connectivity index (χ3v) is 2.17. The van der Waals surface area contributed by atoms with Gasteiger partial charge in [-0.1, -0.05) is 23.5 Å². The maximum atomic E-state index is 5.75. The van der Waals surface area contributed by atoms with Crippen molar-refractivity contribution in [2.45, 2.75) is 0 Å². The predicted molar refractivity (Wildman–Crippen MR) is 45.7 cm³/mol. The molecule has 0 fully saturated rings. The van der Waals surface area contributed by atoms with Crippen LogP contribution in [0.1, 0.15) is 5.56 Å². The van der Waals surface area contributed by atoms with E-state index in [0.29, 0.717) is 10.0 Å². The van der Waals surface area contributed by atoms with E-state index in [1.807, 2.05) is 0 Å². The molecule has 0 radical (unpaired) electrons. The van der Waals surface area contributed by atoms with Gasteiger partial charge in [0.05, 0.1) is 0 Å². The Balaban J connectivity index is 0.000001000. The van der Waals surface area contributed by atoms with Crippen LogP contribution in [0.15, 0.2) is 18.2 Å². The van der Waals surface area contributed by atoms with E-state index in [2.05, 4.69) is 0 Å². The second-order valence-corrected chi connectivity index (χ2v) is 2.76. The van der Waals surface area contributed by atoms with Crippen molar-refractivity contribution in [3.63, 3.8) is 0 Å². The Bertz CT molecular complexity index is 237. The second kappa shape index (κ2) is 5.34. The van der Waals surface area contributed by atoms with Gasteiger partial charge in [-0.3, -0.25) is 0 Å². The third kappa shape index (κ3) is 2.89. The van der Waals surface area contributed by atoms with Gasteiger partial charge in [0.15, 0.2) is 0 Å². The first-order chi connectivity index (χ1) is 4.75. The SMILES string of the molecule is Cl[CH-]c1cccc(Cl)c1Cl.[Ti]. The molecule has 0 heterocycles. The molecule has 0 N–H and O–H groups in total. The van der Waals surface area contributed by atoms with Crippen molar-refractivity contribution in [3.05, 3.63) is 39.7 Å². The number of halogens is 3. The van der Waals surface area contributed by atoms with Crippen LogP contribution in [0.2, 0.25) is 10.0 Å². The van der Waals surface area contributed by atoms with Gasteiger partial charge in [-0.25, -0.2) is 0 Å². The van der Waals surface area contributed by atoms with E-state index in [0.717, 1.165) is 5.56 Å². The van der Waals surface area contributed by atoms with Gasteiger partial charge in [0, 0.05) is 26.7 Å². The third-order valence-electron chi connectivity index (χ3n) is 1.10. The topological polar surface area (TPSA) is 0 Å². The fraction of sp³-hybridized carbons (Fsp3) is 0. The predicted octanol–water partition coefficient (Wildman–Crippen LogP) is 3.74. The summed E-state index contributed by atoms with van der Waals surface area (Å²) in [5.74, 6) is 1.40. The van der Waals surface area contributed by atoms with E-state index in [9.17, 15) is 0 Å². The van der Waals surface area contributed by atoms with Gasteiger partial charge in [0.2, 0.25) is 0 Å². The monoisotopic (exact) mass is 241 g/mol. The molecular weight excluding hydrogens is 238 g/mol. The van der Waals surface area contributed by atoms with Crippen molar-refractivity contribution >= 4 is 34.8 Å². The van der Waals surface area contributed by atoms with Gasteiger partial charge in [0.25, 0.3) is 0 Å². The minimum Gasteiger partial charge on any atom is -0.174 e. The number of benzene rings is 1. The first kappa shape index (κ1) is 11.7. The van der Waals surface area contributed by atoms with Crippen LogP contribution >= 0.6 is 34.8 Å². The number of hydrogen-bond donors (Lipinski definition) is 0. The standard InChI is InChI=1S/C7H4Cl3.Ti/c8-4-5-2-1-3-6(9)7(5)10;/h1-4H;/q-1;. The molecule has 0 saturated heterocycles. The van der Waals surface area contributed by atoms with Gasteiger partial charge in [-0.2, -0.15) is 34.8 Å². The Morgan fingerprint density at radius 2 is 1.82 bits per heavy atom. The summed E-state index contributed by atoms with van der Waals surface area (Å²) in [6.07, 6.45) is 0. The Labute approximate surface area is 95.7 Å². The number of rotatable bonds is 1. The van der Waals surface area contributed by atoms with Crippen LogP contribution < -0.4 is 0 Å². The molecule has 4 heteroatoms. The summed E-state index contributed by atoms with van der Waals surface area (Å²) >= 11 is 16.9. The van der Waals surface area contributed by atoms with Crippen LogP contribution in [0.3, 0.4) is 0 Å². The molecule has 0 amide bonds. The summed E-state index contributed by atoms with van der Waals surface area (Å²) in [4.78, 5) is 0. The summed E-state index contributed by atoms with van der Waals surface area (Å²) in [6, 6.07) is 5.30. The smallest absolute Gasteiger partial charge is 0.00311 e. The molecule has 0 aliphatic heterocycles. The molecule has 1 rings (SSSR count). The van der Waals surface area contributed by atoms with Crippen LogP contribution in [-0.4, -0.2) is 0 Å². The molecular formula is C7H4Cl3Ti-. The maximum Gasteiger partial charge on any atom is 0.00311 e.